The van der Waals surface area contributed by atoms with Crippen LogP contribution >= 0.6 is 0 Å². The van der Waals surface area contributed by atoms with E-state index >= 15 is 0 Å². The van der Waals surface area contributed by atoms with Crippen LogP contribution in [0, 0.1) is 6.92 Å². The Hall–Kier alpha value is -1.37. The lowest BCUT2D eigenvalue weighted by Crippen LogP contribution is -2.48. The van der Waals surface area contributed by atoms with Crippen molar-refractivity contribution in [3.63, 3.8) is 0 Å². The standard InChI is InChI=1S/C12H20N2O4S/c1-9-10(13-8-18-9)11(15)14(12(2,3)4)6-7-19(5,16)17/h8H,6-7H2,1-5H3. The summed E-state index contributed by atoms with van der Waals surface area (Å²) >= 11 is 0. The molecular formula is C12H20N2O4S. The number of oxazole rings is 1. The Balaban J connectivity index is 2.99. The fourth-order valence-electron chi connectivity index (χ4n) is 1.64. The SMILES string of the molecule is Cc1ocnc1C(=O)N(CCS(C)(=O)=O)C(C)(C)C. The van der Waals surface area contributed by atoms with Crippen LogP contribution in [0.4, 0.5) is 0 Å². The zero-order chi connectivity index (χ0) is 14.8. The van der Waals surface area contributed by atoms with E-state index in [0.717, 1.165) is 6.26 Å². The first-order chi connectivity index (χ1) is 8.52. The second-order valence-electron chi connectivity index (χ2n) is 5.51. The highest BCUT2D eigenvalue weighted by Gasteiger charge is 2.30. The maximum atomic E-state index is 12.4. The molecule has 108 valence electrons. The summed E-state index contributed by atoms with van der Waals surface area (Å²) in [7, 11) is -3.13. The molecule has 1 aromatic heterocycles. The van der Waals surface area contributed by atoms with Crippen molar-refractivity contribution in [1.82, 2.24) is 9.88 Å². The molecule has 1 heterocycles. The molecule has 0 atom stereocenters. The van der Waals surface area contributed by atoms with Gasteiger partial charge in [0.25, 0.3) is 5.91 Å². The van der Waals surface area contributed by atoms with E-state index in [0.29, 0.717) is 5.76 Å². The van der Waals surface area contributed by atoms with Gasteiger partial charge in [-0.05, 0) is 27.7 Å². The van der Waals surface area contributed by atoms with Crippen molar-refractivity contribution < 1.29 is 17.6 Å². The number of aryl methyl sites for hydroxylation is 1. The zero-order valence-corrected chi connectivity index (χ0v) is 12.7. The summed E-state index contributed by atoms with van der Waals surface area (Å²) in [5.74, 6) is 0.0356. The average Bonchev–Trinajstić information content (AvgIpc) is 2.60. The molecule has 0 fully saturated rings. The fourth-order valence-corrected chi connectivity index (χ4v) is 2.15. The van der Waals surface area contributed by atoms with Crippen LogP contribution in [-0.2, 0) is 9.84 Å². The van der Waals surface area contributed by atoms with Crippen molar-refractivity contribution in [3.05, 3.63) is 17.8 Å². The minimum absolute atomic E-state index is 0.0765. The van der Waals surface area contributed by atoms with Gasteiger partial charge in [0.05, 0.1) is 5.75 Å². The monoisotopic (exact) mass is 288 g/mol. The Morgan fingerprint density at radius 2 is 2.00 bits per heavy atom. The minimum Gasteiger partial charge on any atom is -0.448 e. The van der Waals surface area contributed by atoms with E-state index in [9.17, 15) is 13.2 Å². The van der Waals surface area contributed by atoms with Crippen molar-refractivity contribution in [2.24, 2.45) is 0 Å². The number of hydrogen-bond acceptors (Lipinski definition) is 5. The zero-order valence-electron chi connectivity index (χ0n) is 11.9. The van der Waals surface area contributed by atoms with Gasteiger partial charge in [0.1, 0.15) is 15.6 Å². The number of sulfone groups is 1. The van der Waals surface area contributed by atoms with Gasteiger partial charge in [-0.2, -0.15) is 0 Å². The van der Waals surface area contributed by atoms with Crippen molar-refractivity contribution in [2.75, 3.05) is 18.6 Å². The van der Waals surface area contributed by atoms with E-state index in [1.54, 1.807) is 6.92 Å². The second-order valence-corrected chi connectivity index (χ2v) is 7.77. The Labute approximate surface area is 113 Å². The van der Waals surface area contributed by atoms with E-state index in [1.165, 1.54) is 11.3 Å². The smallest absolute Gasteiger partial charge is 0.276 e. The molecule has 0 saturated heterocycles. The van der Waals surface area contributed by atoms with Crippen LogP contribution in [0.15, 0.2) is 10.8 Å². The topological polar surface area (TPSA) is 80.5 Å². The summed E-state index contributed by atoms with van der Waals surface area (Å²) in [6, 6.07) is 0. The highest BCUT2D eigenvalue weighted by molar-refractivity contribution is 7.90. The van der Waals surface area contributed by atoms with Gasteiger partial charge >= 0.3 is 0 Å². The number of carbonyl (C=O) groups is 1. The summed E-state index contributed by atoms with van der Waals surface area (Å²) in [6.45, 7) is 7.33. The maximum Gasteiger partial charge on any atom is 0.276 e. The molecule has 19 heavy (non-hydrogen) atoms. The van der Waals surface area contributed by atoms with E-state index < -0.39 is 15.4 Å². The molecule has 0 aliphatic rings. The van der Waals surface area contributed by atoms with E-state index in [-0.39, 0.29) is 23.9 Å². The average molecular weight is 288 g/mol. The molecule has 1 aromatic rings. The Morgan fingerprint density at radius 3 is 2.37 bits per heavy atom. The molecule has 0 aliphatic carbocycles. The van der Waals surface area contributed by atoms with E-state index in [1.807, 2.05) is 20.8 Å². The van der Waals surface area contributed by atoms with Gasteiger partial charge in [-0.3, -0.25) is 4.79 Å². The molecule has 0 radical (unpaired) electrons. The van der Waals surface area contributed by atoms with Crippen molar-refractivity contribution in [1.29, 1.82) is 0 Å². The van der Waals surface area contributed by atoms with Crippen LogP contribution in [0.2, 0.25) is 0 Å². The third-order valence-corrected chi connectivity index (χ3v) is 3.61. The molecule has 0 bridgehead atoms. The van der Waals surface area contributed by atoms with Gasteiger partial charge in [-0.25, -0.2) is 13.4 Å². The normalized spacial score (nSPS) is 12.5. The first kappa shape index (κ1) is 15.7. The van der Waals surface area contributed by atoms with Gasteiger partial charge in [0.15, 0.2) is 12.1 Å². The molecular weight excluding hydrogens is 268 g/mol. The number of aromatic nitrogens is 1. The first-order valence-corrected chi connectivity index (χ1v) is 7.98. The van der Waals surface area contributed by atoms with Crippen LogP contribution in [0.1, 0.15) is 37.0 Å². The molecule has 1 amide bonds. The van der Waals surface area contributed by atoms with Crippen LogP contribution in [0.25, 0.3) is 0 Å². The largest absolute Gasteiger partial charge is 0.448 e. The van der Waals surface area contributed by atoms with Crippen LogP contribution in [-0.4, -0.2) is 48.3 Å². The third kappa shape index (κ3) is 4.34. The highest BCUT2D eigenvalue weighted by atomic mass is 32.2. The fraction of sp³-hybridized carbons (Fsp3) is 0.667. The molecule has 0 N–H and O–H groups in total. The molecule has 0 unspecified atom stereocenters. The Bertz CT molecular complexity index is 555. The Kier molecular flexibility index (Phi) is 4.39. The second kappa shape index (κ2) is 5.32. The van der Waals surface area contributed by atoms with Crippen molar-refractivity contribution in [3.8, 4) is 0 Å². The number of hydrogen-bond donors (Lipinski definition) is 0. The maximum absolute atomic E-state index is 12.4. The van der Waals surface area contributed by atoms with Crippen LogP contribution < -0.4 is 0 Å². The summed E-state index contributed by atoms with van der Waals surface area (Å²) in [6.07, 6.45) is 2.36. The van der Waals surface area contributed by atoms with E-state index in [2.05, 4.69) is 4.98 Å². The number of nitrogens with zero attached hydrogens (tertiary/aromatic N) is 2. The van der Waals surface area contributed by atoms with Gasteiger partial charge in [-0.1, -0.05) is 0 Å². The molecule has 6 nitrogen and oxygen atoms in total. The molecule has 1 rings (SSSR count). The van der Waals surface area contributed by atoms with Gasteiger partial charge in [0, 0.05) is 18.3 Å². The molecule has 0 aliphatic heterocycles. The molecule has 0 aromatic carbocycles. The third-order valence-electron chi connectivity index (χ3n) is 2.69. The van der Waals surface area contributed by atoms with Crippen LogP contribution in [0.5, 0.6) is 0 Å². The quantitative estimate of drug-likeness (QED) is 0.833. The number of rotatable bonds is 4. The summed E-state index contributed by atoms with van der Waals surface area (Å²) < 4.78 is 27.6. The highest BCUT2D eigenvalue weighted by Crippen LogP contribution is 2.18. The van der Waals surface area contributed by atoms with Gasteiger partial charge in [-0.15, -0.1) is 0 Å². The van der Waals surface area contributed by atoms with Gasteiger partial charge < -0.3 is 9.32 Å². The lowest BCUT2D eigenvalue weighted by Gasteiger charge is -2.35. The number of carbonyl (C=O) groups excluding carboxylic acids is 1. The lowest BCUT2D eigenvalue weighted by atomic mass is 10.1. The molecule has 7 heteroatoms. The molecule has 0 saturated carbocycles. The predicted molar refractivity (Wildman–Crippen MR) is 71.7 cm³/mol. The minimum atomic E-state index is -3.13. The lowest BCUT2D eigenvalue weighted by molar-refractivity contribution is 0.0594. The van der Waals surface area contributed by atoms with Crippen LogP contribution in [0.3, 0.4) is 0 Å². The summed E-state index contributed by atoms with van der Waals surface area (Å²) in [4.78, 5) is 17.8. The summed E-state index contributed by atoms with van der Waals surface area (Å²) in [5.41, 5.74) is -0.267. The predicted octanol–water partition coefficient (Wildman–Crippen LogP) is 1.27. The van der Waals surface area contributed by atoms with Crippen molar-refractivity contribution in [2.45, 2.75) is 33.2 Å². The number of amides is 1. The first-order valence-electron chi connectivity index (χ1n) is 5.92. The summed E-state index contributed by atoms with van der Waals surface area (Å²) in [5, 5.41) is 0. The van der Waals surface area contributed by atoms with Gasteiger partial charge in [0.2, 0.25) is 0 Å². The Morgan fingerprint density at radius 1 is 1.42 bits per heavy atom. The van der Waals surface area contributed by atoms with E-state index in [4.69, 9.17) is 4.42 Å². The van der Waals surface area contributed by atoms with Crippen molar-refractivity contribution >= 4 is 15.7 Å². The molecule has 0 spiro atoms.